The predicted molar refractivity (Wildman–Crippen MR) is 105 cm³/mol. The third-order valence-corrected chi connectivity index (χ3v) is 6.54. The van der Waals surface area contributed by atoms with E-state index < -0.39 is 17.4 Å². The molecule has 3 fully saturated rings. The Hall–Kier alpha value is -2.67. The standard InChI is InChI=1S/C22H25N3O4/c1-14-3-2-4-15(11-14)12-25-13-22-7-5-16(29-22)18(19(22)21(25)28)20(27)24-9-6-17(26)23-8-10-24/h2-5,7,11,16,18-19H,6,8-10,12-13H2,1H3,(H,23,26)/t16-,18+,19+,22-/m0/s1. The number of amides is 3. The highest BCUT2D eigenvalue weighted by Crippen LogP contribution is 2.52. The van der Waals surface area contributed by atoms with Crippen LogP contribution in [-0.2, 0) is 25.7 Å². The van der Waals surface area contributed by atoms with E-state index in [2.05, 4.69) is 11.4 Å². The summed E-state index contributed by atoms with van der Waals surface area (Å²) in [4.78, 5) is 41.9. The number of carbonyl (C=O) groups is 3. The minimum atomic E-state index is -0.703. The fourth-order valence-corrected chi connectivity index (χ4v) is 5.22. The predicted octanol–water partition coefficient (Wildman–Crippen LogP) is 0.626. The number of carbonyl (C=O) groups excluding carboxylic acids is 3. The highest BCUT2D eigenvalue weighted by Gasteiger charge is 2.67. The van der Waals surface area contributed by atoms with Crippen molar-refractivity contribution in [2.45, 2.75) is 31.6 Å². The number of rotatable bonds is 3. The number of nitrogens with zero attached hydrogens (tertiary/aromatic N) is 2. The van der Waals surface area contributed by atoms with Crippen LogP contribution in [0.1, 0.15) is 17.5 Å². The Balaban J connectivity index is 1.38. The molecule has 1 spiro atoms. The number of aryl methyl sites for hydroxylation is 1. The molecule has 0 aliphatic carbocycles. The van der Waals surface area contributed by atoms with Crippen molar-refractivity contribution in [3.8, 4) is 0 Å². The molecule has 2 bridgehead atoms. The van der Waals surface area contributed by atoms with E-state index in [1.165, 1.54) is 0 Å². The number of hydrogen-bond acceptors (Lipinski definition) is 4. The smallest absolute Gasteiger partial charge is 0.230 e. The van der Waals surface area contributed by atoms with E-state index >= 15 is 0 Å². The molecular formula is C22H25N3O4. The maximum absolute atomic E-state index is 13.4. The highest BCUT2D eigenvalue weighted by molar-refractivity contribution is 5.93. The third-order valence-electron chi connectivity index (χ3n) is 6.54. The van der Waals surface area contributed by atoms with Crippen LogP contribution in [0.2, 0.25) is 0 Å². The molecule has 7 heteroatoms. The summed E-state index contributed by atoms with van der Waals surface area (Å²) < 4.78 is 6.22. The average Bonchev–Trinajstić information content (AvgIpc) is 3.26. The summed E-state index contributed by atoms with van der Waals surface area (Å²) in [6, 6.07) is 8.13. The van der Waals surface area contributed by atoms with Crippen LogP contribution in [0.3, 0.4) is 0 Å². The molecular weight excluding hydrogens is 370 g/mol. The first-order chi connectivity index (χ1) is 14.0. The van der Waals surface area contributed by atoms with E-state index in [1.807, 2.05) is 42.2 Å². The SMILES string of the molecule is Cc1cccc(CN2C[C@]34C=C[C@H](O3)[C@@H](C(=O)N3CCNC(=O)CC3)[C@@H]4C2=O)c1. The number of hydrogen-bond donors (Lipinski definition) is 1. The molecule has 1 N–H and O–H groups in total. The number of fused-ring (bicyclic) bond motifs is 1. The Morgan fingerprint density at radius 3 is 3.00 bits per heavy atom. The van der Waals surface area contributed by atoms with Gasteiger partial charge in [0.2, 0.25) is 17.7 Å². The molecule has 3 saturated heterocycles. The molecule has 1 aromatic carbocycles. The van der Waals surface area contributed by atoms with Gasteiger partial charge in [-0.3, -0.25) is 14.4 Å². The summed E-state index contributed by atoms with van der Waals surface area (Å²) in [7, 11) is 0. The van der Waals surface area contributed by atoms with E-state index in [4.69, 9.17) is 4.74 Å². The Labute approximate surface area is 169 Å². The van der Waals surface area contributed by atoms with Gasteiger partial charge in [0.1, 0.15) is 5.60 Å². The lowest BCUT2D eigenvalue weighted by molar-refractivity contribution is -0.143. The van der Waals surface area contributed by atoms with Gasteiger partial charge in [0.15, 0.2) is 0 Å². The van der Waals surface area contributed by atoms with Crippen LogP contribution in [0.4, 0.5) is 0 Å². The third kappa shape index (κ3) is 2.95. The fourth-order valence-electron chi connectivity index (χ4n) is 5.22. The molecule has 5 rings (SSSR count). The quantitative estimate of drug-likeness (QED) is 0.762. The van der Waals surface area contributed by atoms with Crippen molar-refractivity contribution < 1.29 is 19.1 Å². The molecule has 0 saturated carbocycles. The maximum atomic E-state index is 13.4. The molecule has 4 atom stereocenters. The summed E-state index contributed by atoms with van der Waals surface area (Å²) in [5, 5.41) is 2.79. The van der Waals surface area contributed by atoms with Gasteiger partial charge in [-0.1, -0.05) is 42.0 Å². The van der Waals surface area contributed by atoms with Crippen molar-refractivity contribution in [3.05, 3.63) is 47.5 Å². The first kappa shape index (κ1) is 18.4. The van der Waals surface area contributed by atoms with E-state index in [9.17, 15) is 14.4 Å². The van der Waals surface area contributed by atoms with E-state index in [1.54, 1.807) is 4.90 Å². The Morgan fingerprint density at radius 1 is 1.31 bits per heavy atom. The minimum Gasteiger partial charge on any atom is -0.360 e. The topological polar surface area (TPSA) is 79.0 Å². The summed E-state index contributed by atoms with van der Waals surface area (Å²) in [6.07, 6.45) is 3.85. The summed E-state index contributed by atoms with van der Waals surface area (Å²) in [5.74, 6) is -1.12. The summed E-state index contributed by atoms with van der Waals surface area (Å²) in [6.45, 7) is 4.33. The monoisotopic (exact) mass is 395 g/mol. The van der Waals surface area contributed by atoms with E-state index in [0.29, 0.717) is 39.1 Å². The molecule has 29 heavy (non-hydrogen) atoms. The van der Waals surface area contributed by atoms with Gasteiger partial charge in [-0.15, -0.1) is 0 Å². The lowest BCUT2D eigenvalue weighted by atomic mass is 9.76. The van der Waals surface area contributed by atoms with Crippen LogP contribution >= 0.6 is 0 Å². The van der Waals surface area contributed by atoms with Crippen molar-refractivity contribution in [2.75, 3.05) is 26.2 Å². The average molecular weight is 395 g/mol. The molecule has 7 nitrogen and oxygen atoms in total. The molecule has 3 amide bonds. The van der Waals surface area contributed by atoms with Crippen molar-refractivity contribution in [2.24, 2.45) is 11.8 Å². The highest BCUT2D eigenvalue weighted by atomic mass is 16.5. The van der Waals surface area contributed by atoms with Gasteiger partial charge in [0.25, 0.3) is 0 Å². The molecule has 1 aromatic rings. The normalized spacial score (nSPS) is 33.1. The van der Waals surface area contributed by atoms with Crippen LogP contribution in [-0.4, -0.2) is 65.4 Å². The molecule has 4 aliphatic rings. The number of likely N-dealkylation sites (tertiary alicyclic amines) is 1. The lowest BCUT2D eigenvalue weighted by Gasteiger charge is -2.29. The molecule has 0 aromatic heterocycles. The van der Waals surface area contributed by atoms with Crippen molar-refractivity contribution >= 4 is 17.7 Å². The molecule has 0 radical (unpaired) electrons. The van der Waals surface area contributed by atoms with Gasteiger partial charge in [0.05, 0.1) is 24.5 Å². The van der Waals surface area contributed by atoms with E-state index in [-0.39, 0.29) is 23.8 Å². The van der Waals surface area contributed by atoms with Gasteiger partial charge in [-0.25, -0.2) is 0 Å². The fraction of sp³-hybridized carbons (Fsp3) is 0.500. The Kier molecular flexibility index (Phi) is 4.24. The lowest BCUT2D eigenvalue weighted by Crippen LogP contribution is -2.47. The second-order valence-corrected chi connectivity index (χ2v) is 8.51. The van der Waals surface area contributed by atoms with Gasteiger partial charge in [-0.2, -0.15) is 0 Å². The zero-order chi connectivity index (χ0) is 20.2. The van der Waals surface area contributed by atoms with Gasteiger partial charge in [-0.05, 0) is 12.5 Å². The Bertz CT molecular complexity index is 913. The van der Waals surface area contributed by atoms with E-state index in [0.717, 1.165) is 11.1 Å². The summed E-state index contributed by atoms with van der Waals surface area (Å²) >= 11 is 0. The Morgan fingerprint density at radius 2 is 2.17 bits per heavy atom. The van der Waals surface area contributed by atoms with Gasteiger partial charge >= 0.3 is 0 Å². The van der Waals surface area contributed by atoms with Gasteiger partial charge in [0, 0.05) is 32.6 Å². The number of ether oxygens (including phenoxy) is 1. The van der Waals surface area contributed by atoms with Gasteiger partial charge < -0.3 is 19.9 Å². The van der Waals surface area contributed by atoms with Crippen molar-refractivity contribution in [3.63, 3.8) is 0 Å². The van der Waals surface area contributed by atoms with Crippen LogP contribution in [0.25, 0.3) is 0 Å². The van der Waals surface area contributed by atoms with Crippen molar-refractivity contribution in [1.82, 2.24) is 15.1 Å². The van der Waals surface area contributed by atoms with Crippen LogP contribution < -0.4 is 5.32 Å². The first-order valence-electron chi connectivity index (χ1n) is 10.2. The van der Waals surface area contributed by atoms with Crippen LogP contribution in [0.15, 0.2) is 36.4 Å². The van der Waals surface area contributed by atoms with Crippen LogP contribution in [0.5, 0.6) is 0 Å². The summed E-state index contributed by atoms with van der Waals surface area (Å²) in [5.41, 5.74) is 1.53. The zero-order valence-electron chi connectivity index (χ0n) is 16.5. The minimum absolute atomic E-state index is 0.0132. The van der Waals surface area contributed by atoms with Crippen molar-refractivity contribution in [1.29, 1.82) is 0 Å². The second-order valence-electron chi connectivity index (χ2n) is 8.51. The largest absolute Gasteiger partial charge is 0.360 e. The zero-order valence-corrected chi connectivity index (χ0v) is 16.5. The molecule has 152 valence electrons. The first-order valence-corrected chi connectivity index (χ1v) is 10.2. The molecule has 0 unspecified atom stereocenters. The van der Waals surface area contributed by atoms with Crippen LogP contribution in [0, 0.1) is 18.8 Å². The number of nitrogens with one attached hydrogen (secondary N) is 1. The second kappa shape index (κ2) is 6.69. The molecule has 4 heterocycles. The number of benzene rings is 1. The maximum Gasteiger partial charge on any atom is 0.230 e. The molecule has 4 aliphatic heterocycles.